The summed E-state index contributed by atoms with van der Waals surface area (Å²) in [6, 6.07) is 0. The topological polar surface area (TPSA) is 0 Å². The molecule has 0 spiro atoms. The van der Waals surface area contributed by atoms with Crippen LogP contribution in [0.2, 0.25) is 10.1 Å². The Morgan fingerprint density at radius 3 is 2.17 bits per heavy atom. The van der Waals surface area contributed by atoms with E-state index in [9.17, 15) is 0 Å². The maximum atomic E-state index is 3.22. The van der Waals surface area contributed by atoms with Crippen molar-refractivity contribution in [2.45, 2.75) is 62.0 Å². The maximum absolute atomic E-state index is 3.22. The Morgan fingerprint density at radius 2 is 1.58 bits per heavy atom. The van der Waals surface area contributed by atoms with Gasteiger partial charge in [0.25, 0.3) is 0 Å². The van der Waals surface area contributed by atoms with Gasteiger partial charge in [-0.05, 0) is 0 Å². The SMILES string of the molecule is CCC([Se])CCCCCCC[Se]. The first-order valence-electron chi connectivity index (χ1n) is 5.05. The van der Waals surface area contributed by atoms with E-state index in [4.69, 9.17) is 0 Å². The van der Waals surface area contributed by atoms with Gasteiger partial charge < -0.3 is 0 Å². The van der Waals surface area contributed by atoms with Crippen LogP contribution >= 0.6 is 0 Å². The fourth-order valence-corrected chi connectivity index (χ4v) is 1.99. The molecule has 0 aliphatic heterocycles. The van der Waals surface area contributed by atoms with Crippen LogP contribution in [0.1, 0.15) is 51.9 Å². The first-order chi connectivity index (χ1) is 5.81. The van der Waals surface area contributed by atoms with Crippen molar-refractivity contribution in [3.63, 3.8) is 0 Å². The van der Waals surface area contributed by atoms with Crippen LogP contribution in [-0.4, -0.2) is 32.0 Å². The average Bonchev–Trinajstić information content (AvgIpc) is 2.10. The Balaban J connectivity index is 2.90. The molecule has 0 bridgehead atoms. The van der Waals surface area contributed by atoms with Crippen molar-refractivity contribution in [3.8, 4) is 0 Å². The Labute approximate surface area is 93.9 Å². The molecule has 2 heteroatoms. The molecular formula is C10H20Se2. The fourth-order valence-electron chi connectivity index (χ4n) is 1.21. The minimum atomic E-state index is 0.824. The Bertz CT molecular complexity index is 83.9. The third-order valence-electron chi connectivity index (χ3n) is 2.13. The van der Waals surface area contributed by atoms with E-state index in [1.807, 2.05) is 0 Å². The summed E-state index contributed by atoms with van der Waals surface area (Å²) < 4.78 is 0. The van der Waals surface area contributed by atoms with Gasteiger partial charge in [0.05, 0.1) is 0 Å². The van der Waals surface area contributed by atoms with Crippen LogP contribution in [0.5, 0.6) is 0 Å². The van der Waals surface area contributed by atoms with Crippen molar-refractivity contribution < 1.29 is 0 Å². The van der Waals surface area contributed by atoms with Gasteiger partial charge in [-0.2, -0.15) is 0 Å². The van der Waals surface area contributed by atoms with Gasteiger partial charge in [0.2, 0.25) is 0 Å². The van der Waals surface area contributed by atoms with Crippen LogP contribution in [0.25, 0.3) is 0 Å². The van der Waals surface area contributed by atoms with Crippen molar-refractivity contribution in [3.05, 3.63) is 0 Å². The minimum absolute atomic E-state index is 0.824. The summed E-state index contributed by atoms with van der Waals surface area (Å²) in [4.78, 5) is 0.824. The van der Waals surface area contributed by atoms with E-state index < -0.39 is 0 Å². The van der Waals surface area contributed by atoms with Crippen LogP contribution in [-0.2, 0) is 0 Å². The molecule has 12 heavy (non-hydrogen) atoms. The Kier molecular flexibility index (Phi) is 11.0. The van der Waals surface area contributed by atoms with Crippen LogP contribution in [0, 0.1) is 0 Å². The van der Waals surface area contributed by atoms with E-state index in [0.29, 0.717) is 0 Å². The molecule has 0 aromatic rings. The molecule has 0 aromatic heterocycles. The molecule has 0 rings (SSSR count). The third kappa shape index (κ3) is 9.13. The van der Waals surface area contributed by atoms with E-state index in [2.05, 4.69) is 38.9 Å². The zero-order chi connectivity index (χ0) is 9.23. The molecule has 0 saturated carbocycles. The molecule has 0 nitrogen and oxygen atoms in total. The molecule has 72 valence electrons. The predicted octanol–water partition coefficient (Wildman–Crippen LogP) is 3.28. The van der Waals surface area contributed by atoms with E-state index in [1.54, 1.807) is 0 Å². The molecule has 0 aromatic carbocycles. The normalized spacial score (nSPS) is 13.2. The second-order valence-corrected chi connectivity index (χ2v) is 5.55. The second-order valence-electron chi connectivity index (χ2n) is 3.29. The molecular weight excluding hydrogens is 278 g/mol. The standard InChI is InChI=1S/C10H20Se2/c1-2-10(12)8-6-4-3-5-7-9-11/h10H,2-9H2,1H3. The number of rotatable bonds is 8. The number of hydrogen-bond acceptors (Lipinski definition) is 0. The van der Waals surface area contributed by atoms with Gasteiger partial charge in [-0.25, -0.2) is 0 Å². The van der Waals surface area contributed by atoms with Crippen LogP contribution in [0.3, 0.4) is 0 Å². The monoisotopic (exact) mass is 300 g/mol. The van der Waals surface area contributed by atoms with Crippen LogP contribution < -0.4 is 0 Å². The van der Waals surface area contributed by atoms with Crippen molar-refractivity contribution >= 4 is 32.0 Å². The van der Waals surface area contributed by atoms with Gasteiger partial charge in [0.1, 0.15) is 0 Å². The quantitative estimate of drug-likeness (QED) is 0.476. The zero-order valence-corrected chi connectivity index (χ0v) is 11.5. The van der Waals surface area contributed by atoms with Crippen molar-refractivity contribution in [1.82, 2.24) is 0 Å². The van der Waals surface area contributed by atoms with Gasteiger partial charge in [0, 0.05) is 0 Å². The molecule has 0 amide bonds. The van der Waals surface area contributed by atoms with Crippen LogP contribution in [0.15, 0.2) is 0 Å². The fraction of sp³-hybridized carbons (Fsp3) is 1.00. The molecule has 0 saturated heterocycles. The molecule has 0 aliphatic carbocycles. The third-order valence-corrected chi connectivity index (χ3v) is 3.93. The molecule has 1 unspecified atom stereocenters. The number of hydrogen-bond donors (Lipinski definition) is 0. The second kappa shape index (κ2) is 10.1. The molecule has 2 radical (unpaired) electrons. The van der Waals surface area contributed by atoms with Gasteiger partial charge in [-0.3, -0.25) is 0 Å². The molecule has 0 N–H and O–H groups in total. The first kappa shape index (κ1) is 13.0. The first-order valence-corrected chi connectivity index (χ1v) is 7.25. The van der Waals surface area contributed by atoms with Gasteiger partial charge in [0.15, 0.2) is 0 Å². The summed E-state index contributed by atoms with van der Waals surface area (Å²) in [6.45, 7) is 2.26. The summed E-state index contributed by atoms with van der Waals surface area (Å²) >= 11 is 6.28. The summed E-state index contributed by atoms with van der Waals surface area (Å²) in [5.41, 5.74) is 0. The van der Waals surface area contributed by atoms with E-state index in [0.717, 1.165) is 4.82 Å². The van der Waals surface area contributed by atoms with Crippen molar-refractivity contribution in [2.24, 2.45) is 0 Å². The average molecular weight is 298 g/mol. The summed E-state index contributed by atoms with van der Waals surface area (Å²) in [7, 11) is 0. The van der Waals surface area contributed by atoms with Gasteiger partial charge >= 0.3 is 94.0 Å². The molecule has 0 fully saturated rings. The van der Waals surface area contributed by atoms with Gasteiger partial charge in [-0.15, -0.1) is 0 Å². The molecule has 0 heterocycles. The van der Waals surface area contributed by atoms with Crippen molar-refractivity contribution in [2.75, 3.05) is 0 Å². The van der Waals surface area contributed by atoms with Gasteiger partial charge in [-0.1, -0.05) is 0 Å². The molecule has 0 aliphatic rings. The summed E-state index contributed by atoms with van der Waals surface area (Å²) in [5, 5.41) is 1.24. The van der Waals surface area contributed by atoms with Crippen LogP contribution in [0.4, 0.5) is 0 Å². The summed E-state index contributed by atoms with van der Waals surface area (Å²) in [5.74, 6) is 0. The Morgan fingerprint density at radius 1 is 1.00 bits per heavy atom. The van der Waals surface area contributed by atoms with E-state index in [-0.39, 0.29) is 0 Å². The van der Waals surface area contributed by atoms with E-state index in [1.165, 1.54) is 50.3 Å². The van der Waals surface area contributed by atoms with E-state index >= 15 is 0 Å². The predicted molar refractivity (Wildman–Crippen MR) is 58.1 cm³/mol. The van der Waals surface area contributed by atoms with Crippen molar-refractivity contribution in [1.29, 1.82) is 0 Å². The Hall–Kier alpha value is 1.04. The molecule has 1 atom stereocenters. The number of unbranched alkanes of at least 4 members (excludes halogenated alkanes) is 4. The summed E-state index contributed by atoms with van der Waals surface area (Å²) in [6.07, 6.45) is 9.74. The zero-order valence-electron chi connectivity index (χ0n) is 8.05.